The van der Waals surface area contributed by atoms with Crippen LogP contribution in [-0.4, -0.2) is 55.5 Å². The molecule has 23 heavy (non-hydrogen) atoms. The third-order valence-corrected chi connectivity index (χ3v) is 4.63. The van der Waals surface area contributed by atoms with Crippen LogP contribution in [0.15, 0.2) is 18.5 Å². The summed E-state index contributed by atoms with van der Waals surface area (Å²) in [5.74, 6) is 1.08. The lowest BCUT2D eigenvalue weighted by Crippen LogP contribution is -2.40. The van der Waals surface area contributed by atoms with Crippen LogP contribution >= 0.6 is 0 Å². The first-order chi connectivity index (χ1) is 11.2. The fourth-order valence-corrected chi connectivity index (χ4v) is 3.23. The summed E-state index contributed by atoms with van der Waals surface area (Å²) in [5, 5.41) is 10.1. The maximum absolute atomic E-state index is 12.4. The van der Waals surface area contributed by atoms with Crippen molar-refractivity contribution >= 4 is 28.0 Å². The Morgan fingerprint density at radius 2 is 2.22 bits per heavy atom. The van der Waals surface area contributed by atoms with Gasteiger partial charge in [-0.15, -0.1) is 0 Å². The molecule has 0 atom stereocenters. The van der Waals surface area contributed by atoms with Gasteiger partial charge in [0.25, 0.3) is 0 Å². The molecule has 3 N–H and O–H groups in total. The second-order valence-corrected chi connectivity index (χ2v) is 6.13. The summed E-state index contributed by atoms with van der Waals surface area (Å²) in [6, 6.07) is 1.94. The molecule has 4 heterocycles. The van der Waals surface area contributed by atoms with Crippen LogP contribution in [0, 0.1) is 5.92 Å². The summed E-state index contributed by atoms with van der Waals surface area (Å²) in [6.07, 6.45) is 5.58. The van der Waals surface area contributed by atoms with E-state index in [9.17, 15) is 9.90 Å². The van der Waals surface area contributed by atoms with Gasteiger partial charge in [-0.2, -0.15) is 0 Å². The molecule has 0 saturated carbocycles. The first kappa shape index (κ1) is 14.2. The monoisotopic (exact) mass is 313 g/mol. The lowest BCUT2D eigenvalue weighted by Gasteiger charge is -2.31. The van der Waals surface area contributed by atoms with E-state index in [0.29, 0.717) is 24.8 Å². The standard InChI is InChI=1S/C16H19N5O2/c22-9-10-2-5-21(6-3-10)14(23)7-13-19-12-8-18-16-11(1-4-17-16)15(12)20-13/h1,4,8,10,22H,2-3,5-7,9H2,(H,17,18)(H,19,20). The van der Waals surface area contributed by atoms with Crippen molar-refractivity contribution in [1.29, 1.82) is 0 Å². The number of piperidine rings is 1. The van der Waals surface area contributed by atoms with Gasteiger partial charge in [-0.05, 0) is 24.8 Å². The Balaban J connectivity index is 1.52. The van der Waals surface area contributed by atoms with Crippen molar-refractivity contribution in [3.8, 4) is 0 Å². The van der Waals surface area contributed by atoms with Crippen LogP contribution in [0.3, 0.4) is 0 Å². The zero-order chi connectivity index (χ0) is 15.8. The molecule has 7 heteroatoms. The molecule has 1 fully saturated rings. The number of nitrogens with one attached hydrogen (secondary N) is 2. The minimum absolute atomic E-state index is 0.0821. The summed E-state index contributed by atoms with van der Waals surface area (Å²) in [5.41, 5.74) is 2.49. The lowest BCUT2D eigenvalue weighted by molar-refractivity contribution is -0.132. The van der Waals surface area contributed by atoms with Gasteiger partial charge in [0.1, 0.15) is 17.0 Å². The number of aliphatic hydroxyl groups is 1. The molecular weight excluding hydrogens is 294 g/mol. The van der Waals surface area contributed by atoms with Crippen molar-refractivity contribution in [2.75, 3.05) is 19.7 Å². The number of carbonyl (C=O) groups excluding carboxylic acids is 1. The van der Waals surface area contributed by atoms with E-state index in [-0.39, 0.29) is 18.9 Å². The average molecular weight is 313 g/mol. The largest absolute Gasteiger partial charge is 0.396 e. The summed E-state index contributed by atoms with van der Waals surface area (Å²) < 4.78 is 0. The van der Waals surface area contributed by atoms with Crippen LogP contribution in [0.2, 0.25) is 0 Å². The van der Waals surface area contributed by atoms with Crippen molar-refractivity contribution in [3.05, 3.63) is 24.3 Å². The number of rotatable bonds is 3. The molecule has 7 nitrogen and oxygen atoms in total. The summed E-state index contributed by atoms with van der Waals surface area (Å²) in [6.45, 7) is 1.65. The predicted molar refractivity (Wildman–Crippen MR) is 85.8 cm³/mol. The van der Waals surface area contributed by atoms with Crippen molar-refractivity contribution < 1.29 is 9.90 Å². The van der Waals surface area contributed by atoms with Crippen LogP contribution in [0.4, 0.5) is 0 Å². The zero-order valence-electron chi connectivity index (χ0n) is 12.7. The molecule has 4 rings (SSSR count). The molecule has 0 aromatic carbocycles. The minimum Gasteiger partial charge on any atom is -0.396 e. The Labute approximate surface area is 132 Å². The molecule has 120 valence electrons. The number of hydrogen-bond acceptors (Lipinski definition) is 4. The molecule has 1 aliphatic heterocycles. The maximum atomic E-state index is 12.4. The van der Waals surface area contributed by atoms with Gasteiger partial charge in [0, 0.05) is 31.3 Å². The molecule has 1 aliphatic rings. The van der Waals surface area contributed by atoms with Gasteiger partial charge in [0.2, 0.25) is 5.91 Å². The highest BCUT2D eigenvalue weighted by molar-refractivity contribution is 6.00. The van der Waals surface area contributed by atoms with Gasteiger partial charge in [-0.1, -0.05) is 0 Å². The molecular formula is C16H19N5O2. The van der Waals surface area contributed by atoms with E-state index >= 15 is 0 Å². The smallest absolute Gasteiger partial charge is 0.230 e. The van der Waals surface area contributed by atoms with Gasteiger partial charge < -0.3 is 20.0 Å². The number of nitrogens with zero attached hydrogens (tertiary/aromatic N) is 3. The van der Waals surface area contributed by atoms with E-state index in [0.717, 1.165) is 34.9 Å². The van der Waals surface area contributed by atoms with E-state index in [1.807, 2.05) is 17.2 Å². The van der Waals surface area contributed by atoms with Crippen LogP contribution in [-0.2, 0) is 11.2 Å². The SMILES string of the molecule is O=C(Cc1nc2c(cnc3[nH]ccc32)[nH]1)N1CCC(CO)CC1. The number of fused-ring (bicyclic) bond motifs is 3. The van der Waals surface area contributed by atoms with Crippen molar-refractivity contribution in [3.63, 3.8) is 0 Å². The number of hydrogen-bond donors (Lipinski definition) is 3. The Hall–Kier alpha value is -2.41. The lowest BCUT2D eigenvalue weighted by atomic mass is 9.98. The predicted octanol–water partition coefficient (Wildman–Crippen LogP) is 1.21. The van der Waals surface area contributed by atoms with Crippen molar-refractivity contribution in [1.82, 2.24) is 24.8 Å². The highest BCUT2D eigenvalue weighted by Gasteiger charge is 2.23. The minimum atomic E-state index is 0.0821. The second kappa shape index (κ2) is 5.66. The second-order valence-electron chi connectivity index (χ2n) is 6.13. The molecule has 0 bridgehead atoms. The van der Waals surface area contributed by atoms with E-state index in [2.05, 4.69) is 19.9 Å². The Morgan fingerprint density at radius 3 is 3.00 bits per heavy atom. The average Bonchev–Trinajstić information content (AvgIpc) is 3.20. The maximum Gasteiger partial charge on any atom is 0.230 e. The van der Waals surface area contributed by atoms with Gasteiger partial charge in [0.05, 0.1) is 18.1 Å². The number of aliphatic hydroxyl groups excluding tert-OH is 1. The topological polar surface area (TPSA) is 97.9 Å². The van der Waals surface area contributed by atoms with Gasteiger partial charge in [0.15, 0.2) is 0 Å². The number of H-pyrrole nitrogens is 2. The molecule has 1 amide bonds. The molecule has 3 aromatic rings. The molecule has 0 radical (unpaired) electrons. The first-order valence-corrected chi connectivity index (χ1v) is 7.94. The van der Waals surface area contributed by atoms with E-state index in [1.165, 1.54) is 0 Å². The number of likely N-dealkylation sites (tertiary alicyclic amines) is 1. The number of aromatic nitrogens is 4. The number of amides is 1. The van der Waals surface area contributed by atoms with Crippen LogP contribution in [0.1, 0.15) is 18.7 Å². The van der Waals surface area contributed by atoms with E-state index in [1.54, 1.807) is 6.20 Å². The van der Waals surface area contributed by atoms with Gasteiger partial charge in [-0.3, -0.25) is 4.79 Å². The quantitative estimate of drug-likeness (QED) is 0.677. The highest BCUT2D eigenvalue weighted by Crippen LogP contribution is 2.21. The molecule has 3 aromatic heterocycles. The zero-order valence-corrected chi connectivity index (χ0v) is 12.7. The van der Waals surface area contributed by atoms with E-state index < -0.39 is 0 Å². The molecule has 1 saturated heterocycles. The normalized spacial score (nSPS) is 16.5. The number of imidazole rings is 1. The Bertz CT molecular complexity index is 845. The third-order valence-electron chi connectivity index (χ3n) is 4.63. The van der Waals surface area contributed by atoms with Crippen LogP contribution in [0.5, 0.6) is 0 Å². The van der Waals surface area contributed by atoms with Crippen LogP contribution in [0.25, 0.3) is 22.1 Å². The first-order valence-electron chi connectivity index (χ1n) is 7.94. The molecule has 0 aliphatic carbocycles. The summed E-state index contributed by atoms with van der Waals surface area (Å²) >= 11 is 0. The van der Waals surface area contributed by atoms with Gasteiger partial charge in [-0.25, -0.2) is 9.97 Å². The van der Waals surface area contributed by atoms with Gasteiger partial charge >= 0.3 is 0 Å². The summed E-state index contributed by atoms with van der Waals surface area (Å²) in [4.78, 5) is 29.5. The third kappa shape index (κ3) is 2.57. The van der Waals surface area contributed by atoms with E-state index in [4.69, 9.17) is 0 Å². The van der Waals surface area contributed by atoms with Crippen LogP contribution < -0.4 is 0 Å². The summed E-state index contributed by atoms with van der Waals surface area (Å²) in [7, 11) is 0. The fraction of sp³-hybridized carbons (Fsp3) is 0.438. The molecule has 0 unspecified atom stereocenters. The highest BCUT2D eigenvalue weighted by atomic mass is 16.3. The fourth-order valence-electron chi connectivity index (χ4n) is 3.23. The molecule has 0 spiro atoms. The Morgan fingerprint density at radius 1 is 1.39 bits per heavy atom. The number of pyridine rings is 1. The Kier molecular flexibility index (Phi) is 3.49. The van der Waals surface area contributed by atoms with Crippen molar-refractivity contribution in [2.24, 2.45) is 5.92 Å². The number of aromatic amines is 2. The van der Waals surface area contributed by atoms with Crippen molar-refractivity contribution in [2.45, 2.75) is 19.3 Å². The number of carbonyl (C=O) groups is 1.